The van der Waals surface area contributed by atoms with E-state index < -0.39 is 35.2 Å². The molecule has 0 saturated heterocycles. The molecule has 0 radical (unpaired) electrons. The Morgan fingerprint density at radius 2 is 0.967 bits per heavy atom. The number of amides is 1. The summed E-state index contributed by atoms with van der Waals surface area (Å²) in [6, 6.07) is 41.2. The average Bonchev–Trinajstić information content (AvgIpc) is 1.61. The topological polar surface area (TPSA) is 275 Å². The molecule has 4 aliphatic rings. The first-order valence-corrected chi connectivity index (χ1v) is 41.1. The highest BCUT2D eigenvalue weighted by molar-refractivity contribution is 5.94. The van der Waals surface area contributed by atoms with E-state index >= 15 is 0 Å². The number of ketones is 2. The van der Waals surface area contributed by atoms with Crippen molar-refractivity contribution in [2.75, 3.05) is 67.6 Å². The molecule has 12 heterocycles. The Kier molecular flexibility index (Phi) is 28.0. The van der Waals surface area contributed by atoms with Gasteiger partial charge in [-0.15, -0.1) is 0 Å². The van der Waals surface area contributed by atoms with Crippen molar-refractivity contribution in [2.45, 2.75) is 184 Å². The van der Waals surface area contributed by atoms with Gasteiger partial charge in [0.15, 0.2) is 5.78 Å². The SMILES string of the molecule is C.C=C(O)CCOC(C)(Cn1c2c(c3cc(C)ccc31)CN(C)CC2)c1cccnc1.CC(=O)CC(=O)OC(Cn1c2c(c3cc(C)ccc31)CN(C)CC2)c1ccc(C)nc1.CC(=O)COC(C)(Cn1c2c(c3cc(C)ccc31)CN(C)CC2)c1cccnc1.Cc1ccc2c(c1)c1c(n2CC(N=[N+]=[N-])c2ccc(C(N)=O)nc2)CCN(C)C1. The molecule has 4 unspecified atom stereocenters. The van der Waals surface area contributed by atoms with Gasteiger partial charge in [-0.2, -0.15) is 0 Å². The number of carbonyl (C=O) groups excluding carboxylic acids is 4. The molecular formula is C96H116N16O8. The van der Waals surface area contributed by atoms with Gasteiger partial charge in [-0.05, 0) is 197 Å². The number of primary amides is 1. The summed E-state index contributed by atoms with van der Waals surface area (Å²) >= 11 is 0. The van der Waals surface area contributed by atoms with Crippen LogP contribution in [0.5, 0.6) is 0 Å². The van der Waals surface area contributed by atoms with Gasteiger partial charge < -0.3 is 62.9 Å². The molecule has 16 rings (SSSR count). The lowest BCUT2D eigenvalue weighted by molar-refractivity contribution is -0.151. The maximum absolute atomic E-state index is 12.4. The number of benzene rings is 4. The largest absolute Gasteiger partial charge is 0.513 e. The molecule has 4 aromatic carbocycles. The molecule has 0 aliphatic carbocycles. The molecule has 4 atom stereocenters. The zero-order valence-corrected chi connectivity index (χ0v) is 71.1. The highest BCUT2D eigenvalue weighted by Gasteiger charge is 2.36. The fraction of sp³-hybridized carbons (Fsp3) is 0.396. The number of hydrogen-bond donors (Lipinski definition) is 2. The molecule has 3 N–H and O–H groups in total. The van der Waals surface area contributed by atoms with Gasteiger partial charge in [-0.1, -0.05) is 89.9 Å². The first-order chi connectivity index (χ1) is 57.0. The Labute approximate surface area is 704 Å². The molecule has 12 aromatic rings. The number of esters is 1. The van der Waals surface area contributed by atoms with E-state index in [2.05, 4.69) is 223 Å². The van der Waals surface area contributed by atoms with Gasteiger partial charge in [0, 0.05) is 222 Å². The number of nitrogens with two attached hydrogens (primary N) is 1. The summed E-state index contributed by atoms with van der Waals surface area (Å²) in [5.41, 5.74) is 38.6. The molecule has 0 fully saturated rings. The fourth-order valence-corrected chi connectivity index (χ4v) is 17.3. The third-order valence-electron chi connectivity index (χ3n) is 23.6. The van der Waals surface area contributed by atoms with Crippen LogP contribution in [0.2, 0.25) is 0 Å². The predicted molar refractivity (Wildman–Crippen MR) is 473 cm³/mol. The maximum Gasteiger partial charge on any atom is 0.313 e. The summed E-state index contributed by atoms with van der Waals surface area (Å²) in [7, 11) is 8.65. The highest BCUT2D eigenvalue weighted by atomic mass is 16.5. The molecule has 8 aromatic heterocycles. The Bertz CT molecular complexity index is 5770. The van der Waals surface area contributed by atoms with E-state index in [9.17, 15) is 24.3 Å². The molecule has 0 bridgehead atoms. The smallest absolute Gasteiger partial charge is 0.313 e. The van der Waals surface area contributed by atoms with Gasteiger partial charge in [-0.25, -0.2) is 0 Å². The van der Waals surface area contributed by atoms with Crippen molar-refractivity contribution in [3.8, 4) is 0 Å². The fourth-order valence-electron chi connectivity index (χ4n) is 17.3. The summed E-state index contributed by atoms with van der Waals surface area (Å²) < 4.78 is 27.8. The summed E-state index contributed by atoms with van der Waals surface area (Å²) in [5, 5.41) is 18.7. The van der Waals surface area contributed by atoms with Crippen LogP contribution in [-0.4, -0.2) is 154 Å². The molecule has 4 aliphatic heterocycles. The van der Waals surface area contributed by atoms with E-state index in [1.54, 1.807) is 43.8 Å². The van der Waals surface area contributed by atoms with Crippen molar-refractivity contribution in [3.63, 3.8) is 0 Å². The molecule has 0 saturated carbocycles. The van der Waals surface area contributed by atoms with Crippen LogP contribution in [0.3, 0.4) is 0 Å². The van der Waals surface area contributed by atoms with Crippen LogP contribution in [0, 0.1) is 34.6 Å². The van der Waals surface area contributed by atoms with Gasteiger partial charge >= 0.3 is 5.97 Å². The van der Waals surface area contributed by atoms with E-state index in [4.69, 9.17) is 25.5 Å². The molecule has 1 amide bonds. The van der Waals surface area contributed by atoms with Crippen molar-refractivity contribution >= 4 is 67.1 Å². The van der Waals surface area contributed by atoms with E-state index in [1.807, 2.05) is 49.6 Å². The minimum absolute atomic E-state index is 0. The quantitative estimate of drug-likeness (QED) is 0.0142. The van der Waals surface area contributed by atoms with E-state index in [1.165, 1.54) is 107 Å². The summed E-state index contributed by atoms with van der Waals surface area (Å²) in [6.45, 7) is 31.8. The van der Waals surface area contributed by atoms with Crippen LogP contribution in [-0.2, 0) is 118 Å². The van der Waals surface area contributed by atoms with Crippen molar-refractivity contribution in [1.82, 2.24) is 57.8 Å². The number of pyridine rings is 4. The van der Waals surface area contributed by atoms with Gasteiger partial charge in [-0.3, -0.25) is 39.1 Å². The molecule has 24 heteroatoms. The second-order valence-electron chi connectivity index (χ2n) is 33.4. The van der Waals surface area contributed by atoms with Gasteiger partial charge in [0.2, 0.25) is 0 Å². The average molecular weight is 1620 g/mol. The minimum atomic E-state index is -0.645. The third kappa shape index (κ3) is 20.2. The summed E-state index contributed by atoms with van der Waals surface area (Å²) in [6.07, 6.45) is 14.2. The van der Waals surface area contributed by atoms with Crippen molar-refractivity contribution in [2.24, 2.45) is 10.8 Å². The van der Waals surface area contributed by atoms with E-state index in [-0.39, 0.29) is 43.5 Å². The second kappa shape index (κ2) is 38.3. The molecular weight excluding hydrogens is 1510 g/mol. The van der Waals surface area contributed by atoms with Crippen LogP contribution in [0.4, 0.5) is 0 Å². The summed E-state index contributed by atoms with van der Waals surface area (Å²) in [5.74, 6) is -1.11. The van der Waals surface area contributed by atoms with Gasteiger partial charge in [0.1, 0.15) is 41.8 Å². The number of nitrogens with zero attached hydrogens (tertiary/aromatic N) is 15. The first-order valence-electron chi connectivity index (χ1n) is 41.1. The predicted octanol–water partition coefficient (Wildman–Crippen LogP) is 16.6. The lowest BCUT2D eigenvalue weighted by Crippen LogP contribution is -2.35. The third-order valence-corrected chi connectivity index (χ3v) is 23.6. The van der Waals surface area contributed by atoms with Crippen LogP contribution in [0.25, 0.3) is 54.1 Å². The highest BCUT2D eigenvalue weighted by Crippen LogP contribution is 2.41. The van der Waals surface area contributed by atoms with Gasteiger partial charge in [0.25, 0.3) is 5.91 Å². The van der Waals surface area contributed by atoms with Crippen molar-refractivity contribution < 1.29 is 38.5 Å². The Morgan fingerprint density at radius 3 is 1.34 bits per heavy atom. The molecule has 24 nitrogen and oxygen atoms in total. The van der Waals surface area contributed by atoms with Gasteiger partial charge in [0.05, 0.1) is 38.0 Å². The Hall–Kier alpha value is -11.5. The van der Waals surface area contributed by atoms with Crippen LogP contribution in [0.15, 0.2) is 176 Å². The monoisotopic (exact) mass is 1620 g/mol. The number of ether oxygens (including phenoxy) is 3. The summed E-state index contributed by atoms with van der Waals surface area (Å²) in [4.78, 5) is 76.4. The minimum Gasteiger partial charge on any atom is -0.513 e. The lowest BCUT2D eigenvalue weighted by Gasteiger charge is -2.33. The Balaban J connectivity index is 0.000000146. The van der Waals surface area contributed by atoms with E-state index in [0.717, 1.165) is 117 Å². The number of rotatable bonds is 24. The number of aliphatic hydroxyl groups excluding tert-OH is 1. The molecule has 120 heavy (non-hydrogen) atoms. The number of hydrogen-bond acceptors (Lipinski definition) is 17. The Morgan fingerprint density at radius 1 is 0.550 bits per heavy atom. The van der Waals surface area contributed by atoms with Crippen LogP contribution >= 0.6 is 0 Å². The maximum atomic E-state index is 12.4. The number of aryl methyl sites for hydroxylation is 5. The zero-order chi connectivity index (χ0) is 84.6. The lowest BCUT2D eigenvalue weighted by atomic mass is 9.96. The standard InChI is InChI=1S/C25H29N3O3.C25H31N3O2.C24H29N3O2.C21H23N7O.CH4/c1-16-5-8-22-20(11-16)21-14-27(4)10-9-23(21)28(22)15-24(31-25(30)12-18(3)29)19-7-6-17(2)26-13-19;1-18-7-8-23-21(14-18)22-16-27(4)12-9-24(22)28(23)17-25(3,30-13-10-19(2)29)20-6-5-11-26-15-20;1-17-7-8-22-20(12-17)21-14-26(4)11-9-23(21)27(22)16-24(3,29-15-18(2)28)19-6-5-10-25-13-19;1-13-3-6-19-15(9-13)16-11-27(2)8-7-20(16)28(19)12-18(25-26-23)14-4-5-17(21(22)29)24-10-14;/h5-8,11,13,24H,9-10,12,14-15H2,1-4H3;5-8,11,14-15,29H,2,9-10,12-13,16-17H2,1,3-4H3;5-8,10,12-13H,9,11,14-16H2,1-4H3;3-6,9-10,18H,7-8,11-12H2,1-2H3,(H2,22,29);1H4. The van der Waals surface area contributed by atoms with Crippen LogP contribution in [0.1, 0.15) is 166 Å². The van der Waals surface area contributed by atoms with E-state index in [0.29, 0.717) is 39.2 Å². The number of azide groups is 1. The van der Waals surface area contributed by atoms with Crippen molar-refractivity contribution in [3.05, 3.63) is 282 Å². The first kappa shape index (κ1) is 87.8. The number of likely N-dealkylation sites (N-methyl/N-ethyl adjacent to an activating group) is 4. The second-order valence-corrected chi connectivity index (χ2v) is 33.4. The van der Waals surface area contributed by atoms with Crippen molar-refractivity contribution in [1.29, 1.82) is 0 Å². The number of aromatic nitrogens is 8. The molecule has 628 valence electrons. The number of Topliss-reactive ketones (excluding diaryl/α,β-unsaturated/α-hetero) is 2. The normalized spacial score (nSPS) is 15.6. The number of carbonyl (C=O) groups is 4. The number of fused-ring (bicyclic) bond motifs is 12. The molecule has 0 spiro atoms. The van der Waals surface area contributed by atoms with Crippen LogP contribution < -0.4 is 5.73 Å². The zero-order valence-electron chi connectivity index (χ0n) is 71.1. The number of aliphatic hydroxyl groups is 1.